The standard InChI is InChI=1S/C11H11Cl4NO7/c1-4(23-10(20)22-3-11(13,14)15)5-6(12)16(7(5)17)8(18)9(19)21-2/h4-6H,3H2,1-2H3. The molecule has 130 valence electrons. The van der Waals surface area contributed by atoms with Crippen LogP contribution in [0.4, 0.5) is 4.79 Å². The molecule has 12 heteroatoms. The predicted molar refractivity (Wildman–Crippen MR) is 79.2 cm³/mol. The smallest absolute Gasteiger partial charge is 0.462 e. The van der Waals surface area contributed by atoms with Gasteiger partial charge < -0.3 is 14.2 Å². The van der Waals surface area contributed by atoms with E-state index in [-0.39, 0.29) is 0 Å². The van der Waals surface area contributed by atoms with Crippen molar-refractivity contribution >= 4 is 70.3 Å². The van der Waals surface area contributed by atoms with Gasteiger partial charge in [0.25, 0.3) is 0 Å². The lowest BCUT2D eigenvalue weighted by atomic mass is 9.92. The molecule has 0 aromatic heterocycles. The van der Waals surface area contributed by atoms with Crippen molar-refractivity contribution in [2.75, 3.05) is 13.7 Å². The molecule has 0 bridgehead atoms. The molecule has 0 aromatic carbocycles. The predicted octanol–water partition coefficient (Wildman–Crippen LogP) is 1.62. The molecule has 8 nitrogen and oxygen atoms in total. The van der Waals surface area contributed by atoms with E-state index in [0.717, 1.165) is 7.11 Å². The van der Waals surface area contributed by atoms with Crippen LogP contribution >= 0.6 is 46.4 Å². The number of β-lactam (4-membered cyclic amide) rings is 1. The Hall–Kier alpha value is -0.960. The number of carbonyl (C=O) groups excluding carboxylic acids is 4. The van der Waals surface area contributed by atoms with Gasteiger partial charge in [0.2, 0.25) is 9.70 Å². The number of esters is 1. The average molecular weight is 411 g/mol. The van der Waals surface area contributed by atoms with E-state index >= 15 is 0 Å². The Morgan fingerprint density at radius 3 is 2.30 bits per heavy atom. The topological polar surface area (TPSA) is 99.2 Å². The molecule has 1 aliphatic rings. The van der Waals surface area contributed by atoms with Gasteiger partial charge in [-0.15, -0.1) is 0 Å². The Balaban J connectivity index is 2.58. The van der Waals surface area contributed by atoms with Crippen molar-refractivity contribution in [3.63, 3.8) is 0 Å². The summed E-state index contributed by atoms with van der Waals surface area (Å²) in [7, 11) is 0.984. The maximum atomic E-state index is 11.9. The molecule has 0 radical (unpaired) electrons. The third-order valence-electron chi connectivity index (χ3n) is 2.79. The van der Waals surface area contributed by atoms with Gasteiger partial charge in [-0.05, 0) is 6.92 Å². The Bertz CT molecular complexity index is 521. The van der Waals surface area contributed by atoms with E-state index in [4.69, 9.17) is 51.1 Å². The molecule has 2 amide bonds. The van der Waals surface area contributed by atoms with E-state index in [0.29, 0.717) is 4.90 Å². The van der Waals surface area contributed by atoms with Crippen LogP contribution in [-0.4, -0.2) is 58.0 Å². The second-order valence-electron chi connectivity index (χ2n) is 4.38. The molecule has 3 atom stereocenters. The van der Waals surface area contributed by atoms with E-state index in [1.807, 2.05) is 0 Å². The lowest BCUT2D eigenvalue weighted by Crippen LogP contribution is -2.65. The van der Waals surface area contributed by atoms with Crippen molar-refractivity contribution in [3.8, 4) is 0 Å². The van der Waals surface area contributed by atoms with Gasteiger partial charge in [-0.25, -0.2) is 9.59 Å². The highest BCUT2D eigenvalue weighted by Gasteiger charge is 2.55. The molecule has 0 saturated carbocycles. The first-order chi connectivity index (χ1) is 10.5. The molecule has 3 unspecified atom stereocenters. The van der Waals surface area contributed by atoms with Gasteiger partial charge in [0, 0.05) is 0 Å². The number of amides is 2. The van der Waals surface area contributed by atoms with Crippen LogP contribution in [0.1, 0.15) is 6.92 Å². The fourth-order valence-corrected chi connectivity index (χ4v) is 2.36. The third-order valence-corrected chi connectivity index (χ3v) is 3.58. The van der Waals surface area contributed by atoms with Crippen LogP contribution < -0.4 is 0 Å². The van der Waals surface area contributed by atoms with Crippen molar-refractivity contribution in [1.29, 1.82) is 0 Å². The van der Waals surface area contributed by atoms with E-state index < -0.39 is 51.9 Å². The number of hydrogen-bond acceptors (Lipinski definition) is 7. The van der Waals surface area contributed by atoms with Gasteiger partial charge >= 0.3 is 18.0 Å². The van der Waals surface area contributed by atoms with Gasteiger partial charge in [0.15, 0.2) is 0 Å². The van der Waals surface area contributed by atoms with Gasteiger partial charge in [0.1, 0.15) is 24.1 Å². The van der Waals surface area contributed by atoms with Crippen molar-refractivity contribution in [2.24, 2.45) is 5.92 Å². The zero-order chi connectivity index (χ0) is 17.9. The lowest BCUT2D eigenvalue weighted by molar-refractivity contribution is -0.175. The van der Waals surface area contributed by atoms with Crippen LogP contribution in [0.2, 0.25) is 0 Å². The summed E-state index contributed by atoms with van der Waals surface area (Å²) in [5.74, 6) is -4.27. The van der Waals surface area contributed by atoms with E-state index in [1.54, 1.807) is 0 Å². The Morgan fingerprint density at radius 2 is 1.87 bits per heavy atom. The number of ether oxygens (including phenoxy) is 3. The molecular weight excluding hydrogens is 400 g/mol. The van der Waals surface area contributed by atoms with Gasteiger partial charge in [-0.1, -0.05) is 46.4 Å². The Labute approximate surface area is 150 Å². The largest absolute Gasteiger partial charge is 0.508 e. The van der Waals surface area contributed by atoms with Gasteiger partial charge in [-0.3, -0.25) is 14.5 Å². The van der Waals surface area contributed by atoms with Crippen molar-refractivity contribution in [1.82, 2.24) is 4.90 Å². The summed E-state index contributed by atoms with van der Waals surface area (Å²) in [6.45, 7) is 0.799. The van der Waals surface area contributed by atoms with Crippen LogP contribution in [0.3, 0.4) is 0 Å². The number of alkyl halides is 4. The highest BCUT2D eigenvalue weighted by molar-refractivity contribution is 6.67. The van der Waals surface area contributed by atoms with E-state index in [1.165, 1.54) is 6.92 Å². The van der Waals surface area contributed by atoms with E-state index in [2.05, 4.69) is 9.47 Å². The molecule has 0 aromatic rings. The second-order valence-corrected chi connectivity index (χ2v) is 7.34. The second kappa shape index (κ2) is 7.74. The average Bonchev–Trinajstić information content (AvgIpc) is 2.43. The zero-order valence-corrected chi connectivity index (χ0v) is 14.8. The molecule has 1 fully saturated rings. The Morgan fingerprint density at radius 1 is 1.30 bits per heavy atom. The van der Waals surface area contributed by atoms with Gasteiger partial charge in [-0.2, -0.15) is 0 Å². The Kier molecular flexibility index (Phi) is 6.76. The van der Waals surface area contributed by atoms with Crippen LogP contribution in [0.15, 0.2) is 0 Å². The molecule has 0 N–H and O–H groups in total. The number of likely N-dealkylation sites (tertiary alicyclic amines) is 1. The molecule has 1 rings (SSSR count). The number of rotatable bonds is 3. The number of hydrogen-bond donors (Lipinski definition) is 0. The quantitative estimate of drug-likeness (QED) is 0.229. The number of methoxy groups -OCH3 is 1. The minimum Gasteiger partial charge on any atom is -0.462 e. The fraction of sp³-hybridized carbons (Fsp3) is 0.636. The molecule has 0 spiro atoms. The number of nitrogens with zero attached hydrogens (tertiary/aromatic N) is 1. The summed E-state index contributed by atoms with van der Waals surface area (Å²) in [6, 6.07) is 0. The highest BCUT2D eigenvalue weighted by atomic mass is 35.6. The normalized spacial score (nSPS) is 22.0. The molecule has 23 heavy (non-hydrogen) atoms. The van der Waals surface area contributed by atoms with Crippen molar-refractivity contribution in [2.45, 2.75) is 22.3 Å². The molecule has 1 saturated heterocycles. The number of imide groups is 1. The summed E-state index contributed by atoms with van der Waals surface area (Å²) in [6.07, 6.45) is -2.21. The van der Waals surface area contributed by atoms with E-state index in [9.17, 15) is 19.2 Å². The monoisotopic (exact) mass is 409 g/mol. The van der Waals surface area contributed by atoms with Crippen molar-refractivity contribution in [3.05, 3.63) is 0 Å². The summed E-state index contributed by atoms with van der Waals surface area (Å²) >= 11 is 22.1. The first-order valence-corrected chi connectivity index (χ1v) is 7.56. The van der Waals surface area contributed by atoms with Crippen LogP contribution in [0.25, 0.3) is 0 Å². The molecule has 0 aliphatic carbocycles. The summed E-state index contributed by atoms with van der Waals surface area (Å²) in [5.41, 5.74) is -1.18. The van der Waals surface area contributed by atoms with Crippen LogP contribution in [0, 0.1) is 5.92 Å². The SMILES string of the molecule is COC(=O)C(=O)N1C(=O)C(C(C)OC(=O)OCC(Cl)(Cl)Cl)C1Cl. The minimum absolute atomic E-state index is 0.505. The fourth-order valence-electron chi connectivity index (χ4n) is 1.70. The molecular formula is C11H11Cl4NO7. The molecule has 1 aliphatic heterocycles. The first-order valence-electron chi connectivity index (χ1n) is 5.99. The summed E-state index contributed by atoms with van der Waals surface area (Å²) in [5, 5.41) is 0. The van der Waals surface area contributed by atoms with Crippen LogP contribution in [0.5, 0.6) is 0 Å². The maximum Gasteiger partial charge on any atom is 0.508 e. The third kappa shape index (κ3) is 5.00. The highest BCUT2D eigenvalue weighted by Crippen LogP contribution is 2.34. The lowest BCUT2D eigenvalue weighted by Gasteiger charge is -2.43. The molecule has 1 heterocycles. The maximum absolute atomic E-state index is 11.9. The summed E-state index contributed by atoms with van der Waals surface area (Å²) in [4.78, 5) is 46.4. The minimum atomic E-state index is -1.81. The van der Waals surface area contributed by atoms with Gasteiger partial charge in [0.05, 0.1) is 7.11 Å². The first kappa shape index (κ1) is 20.1. The number of halogens is 4. The number of carbonyl (C=O) groups is 4. The van der Waals surface area contributed by atoms with Crippen LogP contribution in [-0.2, 0) is 28.6 Å². The zero-order valence-electron chi connectivity index (χ0n) is 11.8. The van der Waals surface area contributed by atoms with Crippen molar-refractivity contribution < 1.29 is 33.4 Å². The summed E-state index contributed by atoms with van der Waals surface area (Å²) < 4.78 is 11.7.